The van der Waals surface area contributed by atoms with Crippen LogP contribution in [0.4, 0.5) is 8.78 Å². The fourth-order valence-electron chi connectivity index (χ4n) is 3.23. The molecule has 0 aromatic heterocycles. The zero-order chi connectivity index (χ0) is 9.69. The predicted molar refractivity (Wildman–Crippen MR) is 47.6 cm³/mol. The quantitative estimate of drug-likeness (QED) is 0.709. The molecular weight excluding hydrogens is 172 g/mol. The molecule has 3 atom stereocenters. The lowest BCUT2D eigenvalue weighted by molar-refractivity contribution is 0.0375. The molecule has 2 aliphatic rings. The van der Waals surface area contributed by atoms with Crippen LogP contribution in [0.3, 0.4) is 0 Å². The largest absolute Gasteiger partial charge is 0.330 e. The normalized spacial score (nSPS) is 43.8. The van der Waals surface area contributed by atoms with E-state index < -0.39 is 11.3 Å². The Hall–Kier alpha value is -0.180. The maximum absolute atomic E-state index is 13.5. The van der Waals surface area contributed by atoms with Crippen LogP contribution in [0.2, 0.25) is 0 Å². The van der Waals surface area contributed by atoms with Gasteiger partial charge in [-0.3, -0.25) is 0 Å². The molecule has 0 aromatic rings. The van der Waals surface area contributed by atoms with Gasteiger partial charge in [-0.25, -0.2) is 8.78 Å². The monoisotopic (exact) mass is 189 g/mol. The summed E-state index contributed by atoms with van der Waals surface area (Å²) >= 11 is 0. The Balaban J connectivity index is 2.21. The van der Waals surface area contributed by atoms with Crippen LogP contribution in [0.25, 0.3) is 0 Å². The van der Waals surface area contributed by atoms with Gasteiger partial charge >= 0.3 is 0 Å². The first-order valence-corrected chi connectivity index (χ1v) is 5.15. The molecule has 2 rings (SSSR count). The smallest absolute Gasteiger partial charge is 0.257 e. The van der Waals surface area contributed by atoms with Crippen molar-refractivity contribution in [2.24, 2.45) is 23.0 Å². The van der Waals surface area contributed by atoms with E-state index >= 15 is 0 Å². The standard InChI is InChI=1S/C10H17F2N/c1-7(6-13)9-5-3-2-4-8(9)10(9,11)12/h7-8H,2-6,13H2,1H3/t7-,8?,9?/m1/s1. The molecule has 0 radical (unpaired) electrons. The number of alkyl halides is 2. The molecule has 2 fully saturated rings. The highest BCUT2D eigenvalue weighted by molar-refractivity contribution is 5.21. The molecule has 0 aliphatic heterocycles. The minimum Gasteiger partial charge on any atom is -0.330 e. The van der Waals surface area contributed by atoms with Gasteiger partial charge in [0.25, 0.3) is 5.92 Å². The molecule has 0 aromatic carbocycles. The minimum absolute atomic E-state index is 0.0206. The minimum atomic E-state index is -2.41. The number of rotatable bonds is 2. The van der Waals surface area contributed by atoms with Crippen molar-refractivity contribution in [1.82, 2.24) is 0 Å². The topological polar surface area (TPSA) is 26.0 Å². The summed E-state index contributed by atoms with van der Waals surface area (Å²) in [6, 6.07) is 0. The van der Waals surface area contributed by atoms with Gasteiger partial charge in [0, 0.05) is 11.3 Å². The van der Waals surface area contributed by atoms with Gasteiger partial charge in [0.1, 0.15) is 0 Å². The summed E-state index contributed by atoms with van der Waals surface area (Å²) < 4.78 is 27.1. The van der Waals surface area contributed by atoms with Gasteiger partial charge in [0.15, 0.2) is 0 Å². The van der Waals surface area contributed by atoms with E-state index in [1.807, 2.05) is 6.92 Å². The van der Waals surface area contributed by atoms with Gasteiger partial charge in [0.2, 0.25) is 0 Å². The lowest BCUT2D eigenvalue weighted by atomic mass is 9.79. The third kappa shape index (κ3) is 0.940. The Morgan fingerprint density at radius 2 is 2.15 bits per heavy atom. The van der Waals surface area contributed by atoms with Crippen molar-refractivity contribution in [3.63, 3.8) is 0 Å². The van der Waals surface area contributed by atoms with E-state index in [-0.39, 0.29) is 11.8 Å². The third-order valence-corrected chi connectivity index (χ3v) is 4.16. The summed E-state index contributed by atoms with van der Waals surface area (Å²) in [6.45, 7) is 2.27. The van der Waals surface area contributed by atoms with Gasteiger partial charge < -0.3 is 5.73 Å². The average Bonchev–Trinajstić information content (AvgIpc) is 2.65. The summed E-state index contributed by atoms with van der Waals surface area (Å²) in [6.07, 6.45) is 3.32. The highest BCUT2D eigenvalue weighted by atomic mass is 19.3. The van der Waals surface area contributed by atoms with Crippen molar-refractivity contribution >= 4 is 0 Å². The van der Waals surface area contributed by atoms with E-state index in [2.05, 4.69) is 0 Å². The number of hydrogen-bond acceptors (Lipinski definition) is 1. The summed E-state index contributed by atoms with van der Waals surface area (Å²) in [5, 5.41) is 0. The number of hydrogen-bond donors (Lipinski definition) is 1. The average molecular weight is 189 g/mol. The van der Waals surface area contributed by atoms with Gasteiger partial charge in [0.05, 0.1) is 0 Å². The number of halogens is 2. The zero-order valence-electron chi connectivity index (χ0n) is 8.02. The van der Waals surface area contributed by atoms with Crippen LogP contribution in [-0.4, -0.2) is 12.5 Å². The Labute approximate surface area is 77.7 Å². The van der Waals surface area contributed by atoms with Gasteiger partial charge in [-0.2, -0.15) is 0 Å². The summed E-state index contributed by atoms with van der Waals surface area (Å²) in [7, 11) is 0. The summed E-state index contributed by atoms with van der Waals surface area (Å²) in [5.41, 5.74) is 4.79. The molecule has 3 heteroatoms. The first-order chi connectivity index (χ1) is 6.07. The molecule has 0 saturated heterocycles. The second kappa shape index (κ2) is 2.66. The summed E-state index contributed by atoms with van der Waals surface area (Å²) in [5.74, 6) is -2.79. The molecule has 0 bridgehead atoms. The summed E-state index contributed by atoms with van der Waals surface area (Å²) in [4.78, 5) is 0. The zero-order valence-corrected chi connectivity index (χ0v) is 8.02. The maximum atomic E-state index is 13.5. The third-order valence-electron chi connectivity index (χ3n) is 4.16. The molecule has 13 heavy (non-hydrogen) atoms. The van der Waals surface area contributed by atoms with Crippen LogP contribution < -0.4 is 5.73 Å². The van der Waals surface area contributed by atoms with Crippen molar-refractivity contribution in [2.75, 3.05) is 6.54 Å². The SMILES string of the molecule is C[C@H](CN)C12CCCCC1C2(F)F. The van der Waals surface area contributed by atoms with E-state index in [0.29, 0.717) is 19.4 Å². The van der Waals surface area contributed by atoms with Crippen LogP contribution >= 0.6 is 0 Å². The molecule has 0 spiro atoms. The molecule has 0 amide bonds. The van der Waals surface area contributed by atoms with E-state index in [0.717, 1.165) is 12.8 Å². The Kier molecular flexibility index (Phi) is 1.92. The van der Waals surface area contributed by atoms with Gasteiger partial charge in [-0.05, 0) is 25.3 Å². The van der Waals surface area contributed by atoms with Crippen molar-refractivity contribution in [2.45, 2.75) is 38.5 Å². The van der Waals surface area contributed by atoms with Crippen LogP contribution in [-0.2, 0) is 0 Å². The Bertz CT molecular complexity index is 217. The van der Waals surface area contributed by atoms with Crippen LogP contribution in [0, 0.1) is 17.3 Å². The lowest BCUT2D eigenvalue weighted by Crippen LogP contribution is -2.28. The highest BCUT2D eigenvalue weighted by Crippen LogP contribution is 2.75. The van der Waals surface area contributed by atoms with Crippen LogP contribution in [0.1, 0.15) is 32.6 Å². The van der Waals surface area contributed by atoms with Gasteiger partial charge in [-0.1, -0.05) is 19.8 Å². The van der Waals surface area contributed by atoms with E-state index in [1.165, 1.54) is 0 Å². The molecule has 1 nitrogen and oxygen atoms in total. The number of fused-ring (bicyclic) bond motifs is 1. The first-order valence-electron chi connectivity index (χ1n) is 5.15. The first kappa shape index (κ1) is 9.38. The van der Waals surface area contributed by atoms with Crippen LogP contribution in [0.5, 0.6) is 0 Å². The second-order valence-electron chi connectivity index (χ2n) is 4.60. The highest BCUT2D eigenvalue weighted by Gasteiger charge is 2.81. The van der Waals surface area contributed by atoms with Crippen molar-refractivity contribution in [1.29, 1.82) is 0 Å². The molecule has 2 aliphatic carbocycles. The molecule has 2 unspecified atom stereocenters. The van der Waals surface area contributed by atoms with Gasteiger partial charge in [-0.15, -0.1) is 0 Å². The fourth-order valence-corrected chi connectivity index (χ4v) is 3.23. The lowest BCUT2D eigenvalue weighted by Gasteiger charge is -2.25. The second-order valence-corrected chi connectivity index (χ2v) is 4.60. The van der Waals surface area contributed by atoms with E-state index in [1.54, 1.807) is 0 Å². The molecule has 76 valence electrons. The van der Waals surface area contributed by atoms with E-state index in [9.17, 15) is 8.78 Å². The van der Waals surface area contributed by atoms with Crippen molar-refractivity contribution in [3.05, 3.63) is 0 Å². The van der Waals surface area contributed by atoms with Crippen LogP contribution in [0.15, 0.2) is 0 Å². The molecular formula is C10H17F2N. The van der Waals surface area contributed by atoms with E-state index in [4.69, 9.17) is 5.73 Å². The Morgan fingerprint density at radius 3 is 2.69 bits per heavy atom. The molecule has 0 heterocycles. The fraction of sp³-hybridized carbons (Fsp3) is 1.00. The van der Waals surface area contributed by atoms with Crippen molar-refractivity contribution in [3.8, 4) is 0 Å². The molecule has 2 saturated carbocycles. The van der Waals surface area contributed by atoms with Crippen molar-refractivity contribution < 1.29 is 8.78 Å². The predicted octanol–water partition coefficient (Wildman–Crippen LogP) is 2.41. The Morgan fingerprint density at radius 1 is 1.46 bits per heavy atom. The number of nitrogens with two attached hydrogens (primary N) is 1. The molecule has 2 N–H and O–H groups in total. The maximum Gasteiger partial charge on any atom is 0.257 e.